The van der Waals surface area contributed by atoms with Crippen molar-refractivity contribution in [1.29, 1.82) is 0 Å². The molecule has 0 atom stereocenters. The maximum atomic E-state index is 13.6. The van der Waals surface area contributed by atoms with Crippen molar-refractivity contribution < 1.29 is 23.1 Å². The molecule has 0 bridgehead atoms. The molecule has 0 aliphatic rings. The van der Waals surface area contributed by atoms with E-state index in [0.717, 1.165) is 6.07 Å². The van der Waals surface area contributed by atoms with Crippen molar-refractivity contribution in [3.63, 3.8) is 0 Å². The number of carboxylic acids is 1. The first-order chi connectivity index (χ1) is 13.8. The Labute approximate surface area is 167 Å². The van der Waals surface area contributed by atoms with Gasteiger partial charge in [0.15, 0.2) is 5.69 Å². The molecule has 4 aromatic rings. The van der Waals surface area contributed by atoms with Crippen molar-refractivity contribution in [2.24, 2.45) is 0 Å². The normalized spacial score (nSPS) is 11.9. The molecule has 3 aromatic heterocycles. The summed E-state index contributed by atoms with van der Waals surface area (Å²) < 4.78 is 42.6. The summed E-state index contributed by atoms with van der Waals surface area (Å²) in [6.45, 7) is 1.51. The molecular formula is C20H14F3N3O2S. The van der Waals surface area contributed by atoms with Gasteiger partial charge in [0.1, 0.15) is 5.82 Å². The molecule has 5 nitrogen and oxygen atoms in total. The number of nitrogens with zero attached hydrogens (tertiary/aromatic N) is 3. The lowest BCUT2D eigenvalue weighted by atomic mass is 10.1. The van der Waals surface area contributed by atoms with E-state index >= 15 is 0 Å². The van der Waals surface area contributed by atoms with Crippen LogP contribution in [0.3, 0.4) is 0 Å². The van der Waals surface area contributed by atoms with E-state index in [-0.39, 0.29) is 23.3 Å². The molecule has 3 heterocycles. The molecule has 1 N–H and O–H groups in total. The van der Waals surface area contributed by atoms with E-state index in [1.54, 1.807) is 36.7 Å². The number of hydrogen-bond acceptors (Lipinski definition) is 4. The average Bonchev–Trinajstić information content (AvgIpc) is 3.23. The summed E-state index contributed by atoms with van der Waals surface area (Å²) in [6.07, 6.45) is -1.40. The number of benzene rings is 1. The fraction of sp³-hybridized carbons (Fsp3) is 0.150. The molecule has 4 rings (SSSR count). The maximum absolute atomic E-state index is 13.6. The lowest BCUT2D eigenvalue weighted by Crippen LogP contribution is -2.12. The number of carboxylic acid groups (broad SMARTS) is 1. The first-order valence-corrected chi connectivity index (χ1v) is 9.42. The van der Waals surface area contributed by atoms with Crippen LogP contribution < -0.4 is 0 Å². The number of thiophene rings is 1. The lowest BCUT2D eigenvalue weighted by Gasteiger charge is -2.13. The van der Waals surface area contributed by atoms with Crippen LogP contribution in [0.4, 0.5) is 13.2 Å². The van der Waals surface area contributed by atoms with Crippen LogP contribution >= 0.6 is 11.3 Å². The number of fused-ring (bicyclic) bond motifs is 1. The summed E-state index contributed by atoms with van der Waals surface area (Å²) in [5, 5.41) is 11.4. The second-order valence-corrected chi connectivity index (χ2v) is 7.35. The number of aromatic nitrogens is 3. The van der Waals surface area contributed by atoms with Crippen LogP contribution in [0.2, 0.25) is 0 Å². The SMILES string of the molecule is Cc1nc(-c2cccnc2)n(Cc2csc3cccc(C(F)(F)F)c23)c1C(=O)O. The third-order valence-corrected chi connectivity index (χ3v) is 5.57. The Kier molecular flexibility index (Phi) is 4.62. The van der Waals surface area contributed by atoms with Gasteiger partial charge < -0.3 is 9.67 Å². The Balaban J connectivity index is 1.93. The van der Waals surface area contributed by atoms with Crippen molar-refractivity contribution in [3.05, 3.63) is 70.6 Å². The van der Waals surface area contributed by atoms with E-state index in [9.17, 15) is 23.1 Å². The molecule has 0 spiro atoms. The number of aryl methyl sites for hydroxylation is 1. The maximum Gasteiger partial charge on any atom is 0.417 e. The number of hydrogen-bond donors (Lipinski definition) is 1. The highest BCUT2D eigenvalue weighted by atomic mass is 32.1. The fourth-order valence-corrected chi connectivity index (χ4v) is 4.37. The van der Waals surface area contributed by atoms with Gasteiger partial charge in [0, 0.05) is 28.0 Å². The van der Waals surface area contributed by atoms with Gasteiger partial charge in [-0.3, -0.25) is 4.98 Å². The van der Waals surface area contributed by atoms with Crippen LogP contribution in [0.5, 0.6) is 0 Å². The zero-order valence-electron chi connectivity index (χ0n) is 15.1. The molecule has 0 aliphatic carbocycles. The molecule has 0 saturated heterocycles. The summed E-state index contributed by atoms with van der Waals surface area (Å²) in [5.74, 6) is -0.849. The molecule has 0 amide bonds. The topological polar surface area (TPSA) is 68.0 Å². The van der Waals surface area contributed by atoms with E-state index < -0.39 is 17.7 Å². The Morgan fingerprint density at radius 3 is 2.69 bits per heavy atom. The van der Waals surface area contributed by atoms with Gasteiger partial charge in [-0.2, -0.15) is 13.2 Å². The predicted octanol–water partition coefficient (Wildman–Crippen LogP) is 5.23. The highest BCUT2D eigenvalue weighted by Gasteiger charge is 2.34. The zero-order chi connectivity index (χ0) is 20.8. The van der Waals surface area contributed by atoms with Crippen LogP contribution in [-0.4, -0.2) is 25.6 Å². The van der Waals surface area contributed by atoms with Crippen LogP contribution in [0, 0.1) is 6.92 Å². The second kappa shape index (κ2) is 7.00. The Morgan fingerprint density at radius 1 is 1.24 bits per heavy atom. The van der Waals surface area contributed by atoms with Gasteiger partial charge >= 0.3 is 12.1 Å². The van der Waals surface area contributed by atoms with Gasteiger partial charge in [0.05, 0.1) is 17.8 Å². The minimum absolute atomic E-state index is 0.0558. The summed E-state index contributed by atoms with van der Waals surface area (Å²) in [7, 11) is 0. The summed E-state index contributed by atoms with van der Waals surface area (Å²) in [4.78, 5) is 20.2. The molecule has 9 heteroatoms. The predicted molar refractivity (Wildman–Crippen MR) is 103 cm³/mol. The first-order valence-electron chi connectivity index (χ1n) is 8.54. The number of halogens is 3. The van der Waals surface area contributed by atoms with Gasteiger partial charge in [-0.15, -0.1) is 11.3 Å². The zero-order valence-corrected chi connectivity index (χ0v) is 15.9. The molecule has 0 unspecified atom stereocenters. The fourth-order valence-electron chi connectivity index (χ4n) is 3.39. The summed E-state index contributed by atoms with van der Waals surface area (Å²) >= 11 is 1.19. The van der Waals surface area contributed by atoms with E-state index in [4.69, 9.17) is 0 Å². The Bertz CT molecular complexity index is 1210. The molecule has 0 fully saturated rings. The summed E-state index contributed by atoms with van der Waals surface area (Å²) in [5.41, 5.74) is 0.462. The highest BCUT2D eigenvalue weighted by Crippen LogP contribution is 2.39. The Morgan fingerprint density at radius 2 is 2.03 bits per heavy atom. The third kappa shape index (κ3) is 3.38. The molecule has 1 aromatic carbocycles. The summed E-state index contributed by atoms with van der Waals surface area (Å²) in [6, 6.07) is 7.45. The van der Waals surface area contributed by atoms with Crippen molar-refractivity contribution in [3.8, 4) is 11.4 Å². The van der Waals surface area contributed by atoms with Crippen LogP contribution in [-0.2, 0) is 12.7 Å². The van der Waals surface area contributed by atoms with E-state index in [2.05, 4.69) is 9.97 Å². The van der Waals surface area contributed by atoms with Gasteiger partial charge in [-0.25, -0.2) is 9.78 Å². The van der Waals surface area contributed by atoms with Crippen molar-refractivity contribution >= 4 is 27.4 Å². The largest absolute Gasteiger partial charge is 0.477 e. The molecular weight excluding hydrogens is 403 g/mol. The molecule has 0 radical (unpaired) electrons. The van der Waals surface area contributed by atoms with Gasteiger partial charge in [-0.1, -0.05) is 6.07 Å². The monoisotopic (exact) mass is 417 g/mol. The van der Waals surface area contributed by atoms with Crippen LogP contribution in [0.15, 0.2) is 48.1 Å². The number of rotatable bonds is 4. The number of carbonyl (C=O) groups is 1. The van der Waals surface area contributed by atoms with E-state index in [1.165, 1.54) is 28.2 Å². The van der Waals surface area contributed by atoms with Crippen molar-refractivity contribution in [2.75, 3.05) is 0 Å². The number of pyridine rings is 1. The quantitative estimate of drug-likeness (QED) is 0.494. The standard InChI is InChI=1S/C20H14F3N3O2S/c1-11-17(19(27)28)26(18(25-11)12-4-3-7-24-8-12)9-13-10-29-15-6-2-5-14(16(13)15)20(21,22)23/h2-8,10H,9H2,1H3,(H,27,28). The number of imidazole rings is 1. The molecule has 29 heavy (non-hydrogen) atoms. The number of alkyl halides is 3. The third-order valence-electron chi connectivity index (χ3n) is 4.57. The molecule has 0 saturated carbocycles. The van der Waals surface area contributed by atoms with Gasteiger partial charge in [0.25, 0.3) is 0 Å². The smallest absolute Gasteiger partial charge is 0.417 e. The minimum Gasteiger partial charge on any atom is -0.477 e. The average molecular weight is 417 g/mol. The van der Waals surface area contributed by atoms with Gasteiger partial charge in [-0.05, 0) is 42.1 Å². The first kappa shape index (κ1) is 19.1. The van der Waals surface area contributed by atoms with Crippen LogP contribution in [0.25, 0.3) is 21.5 Å². The van der Waals surface area contributed by atoms with E-state index in [1.807, 2.05) is 0 Å². The van der Waals surface area contributed by atoms with Crippen molar-refractivity contribution in [2.45, 2.75) is 19.6 Å². The number of aromatic carboxylic acids is 1. The van der Waals surface area contributed by atoms with Crippen molar-refractivity contribution in [1.82, 2.24) is 14.5 Å². The second-order valence-electron chi connectivity index (χ2n) is 6.44. The highest BCUT2D eigenvalue weighted by molar-refractivity contribution is 7.17. The molecule has 148 valence electrons. The van der Waals surface area contributed by atoms with Gasteiger partial charge in [0.2, 0.25) is 0 Å². The van der Waals surface area contributed by atoms with E-state index in [0.29, 0.717) is 21.7 Å². The molecule has 0 aliphatic heterocycles. The van der Waals surface area contributed by atoms with Crippen LogP contribution in [0.1, 0.15) is 27.3 Å². The Hall–Kier alpha value is -3.20. The minimum atomic E-state index is -4.51. The lowest BCUT2D eigenvalue weighted by molar-refractivity contribution is -0.136.